The molecule has 1 aromatic heterocycles. The Balaban J connectivity index is 1.59. The summed E-state index contributed by atoms with van der Waals surface area (Å²) in [6.45, 7) is 5.37. The van der Waals surface area contributed by atoms with Gasteiger partial charge in [-0.25, -0.2) is 4.98 Å². The predicted octanol–water partition coefficient (Wildman–Crippen LogP) is 2.24. The zero-order chi connectivity index (χ0) is 15.0. The second-order valence-corrected chi connectivity index (χ2v) is 7.86. The van der Waals surface area contributed by atoms with E-state index in [4.69, 9.17) is 0 Å². The fourth-order valence-electron chi connectivity index (χ4n) is 2.65. The molecule has 114 valence electrons. The summed E-state index contributed by atoms with van der Waals surface area (Å²) in [7, 11) is 0. The van der Waals surface area contributed by atoms with Gasteiger partial charge in [0.25, 0.3) is 0 Å². The summed E-state index contributed by atoms with van der Waals surface area (Å²) in [5, 5.41) is 6.49. The van der Waals surface area contributed by atoms with E-state index in [0.29, 0.717) is 18.1 Å². The number of hydrogen-bond acceptors (Lipinski definition) is 5. The van der Waals surface area contributed by atoms with E-state index in [1.165, 1.54) is 24.2 Å². The molecule has 2 aliphatic carbocycles. The van der Waals surface area contributed by atoms with Crippen LogP contribution in [0.2, 0.25) is 0 Å². The van der Waals surface area contributed by atoms with Crippen molar-refractivity contribution in [2.75, 3.05) is 18.4 Å². The van der Waals surface area contributed by atoms with Gasteiger partial charge in [0.2, 0.25) is 5.91 Å². The number of amides is 1. The van der Waals surface area contributed by atoms with E-state index in [0.717, 1.165) is 29.5 Å². The molecule has 0 saturated heterocycles. The second kappa shape index (κ2) is 5.50. The maximum Gasteiger partial charge on any atom is 0.240 e. The number of Topliss-reactive ketones (excluding diaryl/α,β-unsaturated/α-hetero) is 1. The fourth-order valence-corrected chi connectivity index (χ4v) is 3.58. The van der Waals surface area contributed by atoms with E-state index in [2.05, 4.69) is 29.5 Å². The molecule has 6 heteroatoms. The molecule has 0 bridgehead atoms. The highest BCUT2D eigenvalue weighted by Gasteiger charge is 2.34. The highest BCUT2D eigenvalue weighted by Crippen LogP contribution is 2.38. The molecule has 3 rings (SSSR count). The van der Waals surface area contributed by atoms with Crippen molar-refractivity contribution in [2.24, 2.45) is 11.3 Å². The lowest BCUT2D eigenvalue weighted by atomic mass is 9.78. The topological polar surface area (TPSA) is 71.1 Å². The second-order valence-electron chi connectivity index (χ2n) is 6.86. The third kappa shape index (κ3) is 3.68. The lowest BCUT2D eigenvalue weighted by molar-refractivity contribution is -0.115. The van der Waals surface area contributed by atoms with E-state index in [1.54, 1.807) is 0 Å². The summed E-state index contributed by atoms with van der Waals surface area (Å²) in [5.74, 6) is 0.810. The van der Waals surface area contributed by atoms with Crippen LogP contribution in [0.5, 0.6) is 0 Å². The number of nitrogens with one attached hydrogen (secondary N) is 2. The molecule has 1 aromatic rings. The highest BCUT2D eigenvalue weighted by molar-refractivity contribution is 7.17. The SMILES string of the molecule is CC1(C)CC(=O)c2sc(NC(=O)CNCC3CC3)nc2C1. The molecule has 1 amide bonds. The number of rotatable bonds is 5. The Morgan fingerprint density at radius 1 is 1.38 bits per heavy atom. The van der Waals surface area contributed by atoms with Gasteiger partial charge in [-0.1, -0.05) is 25.2 Å². The summed E-state index contributed by atoms with van der Waals surface area (Å²) in [6, 6.07) is 0. The maximum atomic E-state index is 12.1. The molecule has 0 atom stereocenters. The Bertz CT molecular complexity index is 575. The number of hydrogen-bond donors (Lipinski definition) is 2. The molecule has 1 heterocycles. The molecule has 5 nitrogen and oxygen atoms in total. The lowest BCUT2D eigenvalue weighted by Gasteiger charge is -2.26. The molecule has 0 unspecified atom stereocenters. The standard InChI is InChI=1S/C15H21N3O2S/c1-15(2)5-10-13(11(19)6-15)21-14(17-10)18-12(20)8-16-7-9-3-4-9/h9,16H,3-8H2,1-2H3,(H,17,18,20). The van der Waals surface area contributed by atoms with Crippen molar-refractivity contribution < 1.29 is 9.59 Å². The average molecular weight is 307 g/mol. The molecule has 0 spiro atoms. The van der Waals surface area contributed by atoms with Crippen LogP contribution in [0.1, 0.15) is 48.5 Å². The number of anilines is 1. The van der Waals surface area contributed by atoms with Gasteiger partial charge in [0.15, 0.2) is 10.9 Å². The zero-order valence-corrected chi connectivity index (χ0v) is 13.3. The number of fused-ring (bicyclic) bond motifs is 1. The normalized spacial score (nSPS) is 20.2. The summed E-state index contributed by atoms with van der Waals surface area (Å²) >= 11 is 1.30. The molecule has 0 radical (unpaired) electrons. The van der Waals surface area contributed by atoms with Gasteiger partial charge in [-0.05, 0) is 37.1 Å². The number of ketones is 1. The summed E-state index contributed by atoms with van der Waals surface area (Å²) < 4.78 is 0. The number of thiazole rings is 1. The van der Waals surface area contributed by atoms with Gasteiger partial charge in [0.1, 0.15) is 0 Å². The molecule has 0 aliphatic heterocycles. The van der Waals surface area contributed by atoms with Gasteiger partial charge < -0.3 is 10.6 Å². The van der Waals surface area contributed by atoms with Crippen molar-refractivity contribution in [2.45, 2.75) is 39.5 Å². The van der Waals surface area contributed by atoms with Gasteiger partial charge in [0.05, 0.1) is 17.1 Å². The first kappa shape index (κ1) is 14.7. The van der Waals surface area contributed by atoms with Gasteiger partial charge in [-0.3, -0.25) is 9.59 Å². The maximum absolute atomic E-state index is 12.1. The van der Waals surface area contributed by atoms with E-state index in [9.17, 15) is 9.59 Å². The molecule has 1 saturated carbocycles. The Kier molecular flexibility index (Phi) is 3.84. The molecule has 2 aliphatic rings. The van der Waals surface area contributed by atoms with Crippen LogP contribution in [-0.4, -0.2) is 29.8 Å². The predicted molar refractivity (Wildman–Crippen MR) is 82.8 cm³/mol. The first-order valence-corrected chi connectivity index (χ1v) is 8.28. The van der Waals surface area contributed by atoms with Crippen molar-refractivity contribution in [3.05, 3.63) is 10.6 Å². The van der Waals surface area contributed by atoms with Crippen LogP contribution in [0.4, 0.5) is 5.13 Å². The third-order valence-corrected chi connectivity index (χ3v) is 4.95. The monoisotopic (exact) mass is 307 g/mol. The van der Waals surface area contributed by atoms with Gasteiger partial charge in [-0.15, -0.1) is 0 Å². The third-order valence-electron chi connectivity index (χ3n) is 3.90. The Morgan fingerprint density at radius 2 is 2.14 bits per heavy atom. The first-order valence-electron chi connectivity index (χ1n) is 7.46. The summed E-state index contributed by atoms with van der Waals surface area (Å²) in [6.07, 6.45) is 3.89. The van der Waals surface area contributed by atoms with Crippen LogP contribution in [0, 0.1) is 11.3 Å². The molecule has 21 heavy (non-hydrogen) atoms. The van der Waals surface area contributed by atoms with Crippen molar-refractivity contribution in [1.82, 2.24) is 10.3 Å². The van der Waals surface area contributed by atoms with Crippen LogP contribution in [0.15, 0.2) is 0 Å². The molecule has 0 aromatic carbocycles. The lowest BCUT2D eigenvalue weighted by Crippen LogP contribution is -2.29. The molecule has 1 fully saturated rings. The fraction of sp³-hybridized carbons (Fsp3) is 0.667. The smallest absolute Gasteiger partial charge is 0.240 e. The number of carbonyl (C=O) groups excluding carboxylic acids is 2. The van der Waals surface area contributed by atoms with Crippen LogP contribution in [0.25, 0.3) is 0 Å². The largest absolute Gasteiger partial charge is 0.308 e. The molecular weight excluding hydrogens is 286 g/mol. The minimum absolute atomic E-state index is 0.0365. The van der Waals surface area contributed by atoms with Crippen LogP contribution in [-0.2, 0) is 11.2 Å². The van der Waals surface area contributed by atoms with E-state index in [1.807, 2.05) is 0 Å². The van der Waals surface area contributed by atoms with Crippen LogP contribution >= 0.6 is 11.3 Å². The van der Waals surface area contributed by atoms with Crippen molar-refractivity contribution in [3.8, 4) is 0 Å². The van der Waals surface area contributed by atoms with E-state index >= 15 is 0 Å². The summed E-state index contributed by atoms with van der Waals surface area (Å²) in [4.78, 5) is 29.1. The molecule has 2 N–H and O–H groups in total. The Hall–Kier alpha value is -1.27. The van der Waals surface area contributed by atoms with Gasteiger partial charge in [-0.2, -0.15) is 0 Å². The van der Waals surface area contributed by atoms with E-state index < -0.39 is 0 Å². The minimum atomic E-state index is -0.0894. The Morgan fingerprint density at radius 3 is 2.86 bits per heavy atom. The van der Waals surface area contributed by atoms with Gasteiger partial charge >= 0.3 is 0 Å². The van der Waals surface area contributed by atoms with E-state index in [-0.39, 0.29) is 17.1 Å². The van der Waals surface area contributed by atoms with Crippen LogP contribution in [0.3, 0.4) is 0 Å². The number of nitrogens with zero attached hydrogens (tertiary/aromatic N) is 1. The number of carbonyl (C=O) groups is 2. The van der Waals surface area contributed by atoms with Crippen molar-refractivity contribution in [1.29, 1.82) is 0 Å². The first-order chi connectivity index (χ1) is 9.93. The zero-order valence-electron chi connectivity index (χ0n) is 12.5. The quantitative estimate of drug-likeness (QED) is 0.875. The van der Waals surface area contributed by atoms with Crippen LogP contribution < -0.4 is 10.6 Å². The van der Waals surface area contributed by atoms with Crippen molar-refractivity contribution in [3.63, 3.8) is 0 Å². The minimum Gasteiger partial charge on any atom is -0.308 e. The average Bonchev–Trinajstić information content (AvgIpc) is 3.09. The summed E-state index contributed by atoms with van der Waals surface area (Å²) in [5.41, 5.74) is 0.799. The number of aromatic nitrogens is 1. The van der Waals surface area contributed by atoms with Crippen molar-refractivity contribution >= 4 is 28.2 Å². The highest BCUT2D eigenvalue weighted by atomic mass is 32.1. The van der Waals surface area contributed by atoms with Gasteiger partial charge in [0, 0.05) is 6.42 Å². The molecular formula is C15H21N3O2S. The Labute approximate surface area is 128 Å².